The molecule has 0 saturated heterocycles. The Kier molecular flexibility index (Phi) is 2.35. The first-order valence-corrected chi connectivity index (χ1v) is 4.42. The van der Waals surface area contributed by atoms with Crippen LogP contribution in [-0.4, -0.2) is 6.04 Å². The molecule has 60 valence electrons. The fourth-order valence-electron chi connectivity index (χ4n) is 2.31. The van der Waals surface area contributed by atoms with Crippen LogP contribution in [0.2, 0.25) is 0 Å². The maximum absolute atomic E-state index is 5.97. The first-order chi connectivity index (χ1) is 4.66. The minimum Gasteiger partial charge on any atom is -0.327 e. The second-order valence-electron chi connectivity index (χ2n) is 3.81. The molecule has 1 fully saturated rings. The summed E-state index contributed by atoms with van der Waals surface area (Å²) in [6.45, 7) is 6.91. The van der Waals surface area contributed by atoms with Gasteiger partial charge in [0.15, 0.2) is 0 Å². The molecule has 0 aliphatic heterocycles. The highest BCUT2D eigenvalue weighted by atomic mass is 14.7. The summed E-state index contributed by atoms with van der Waals surface area (Å²) in [6, 6.07) is 0.481. The van der Waals surface area contributed by atoms with E-state index in [1.54, 1.807) is 0 Å². The summed E-state index contributed by atoms with van der Waals surface area (Å²) in [4.78, 5) is 0. The van der Waals surface area contributed by atoms with E-state index in [0.29, 0.717) is 6.04 Å². The molecule has 0 spiro atoms. The van der Waals surface area contributed by atoms with Crippen molar-refractivity contribution in [2.45, 2.75) is 39.7 Å². The van der Waals surface area contributed by atoms with Gasteiger partial charge in [-0.15, -0.1) is 0 Å². The van der Waals surface area contributed by atoms with E-state index in [-0.39, 0.29) is 0 Å². The fraction of sp³-hybridized carbons (Fsp3) is 1.00. The molecule has 0 amide bonds. The number of hydrogen-bond acceptors (Lipinski definition) is 1. The lowest BCUT2D eigenvalue weighted by Gasteiger charge is -2.18. The van der Waals surface area contributed by atoms with E-state index in [4.69, 9.17) is 5.73 Å². The van der Waals surface area contributed by atoms with Gasteiger partial charge < -0.3 is 5.73 Å². The van der Waals surface area contributed by atoms with Crippen molar-refractivity contribution in [3.8, 4) is 0 Å². The molecule has 1 nitrogen and oxygen atoms in total. The minimum atomic E-state index is 0.481. The third-order valence-corrected chi connectivity index (χ3v) is 3.24. The lowest BCUT2D eigenvalue weighted by atomic mass is 9.90. The van der Waals surface area contributed by atoms with E-state index in [0.717, 1.165) is 17.8 Å². The van der Waals surface area contributed by atoms with Crippen LogP contribution in [0, 0.1) is 17.8 Å². The zero-order chi connectivity index (χ0) is 7.72. The maximum atomic E-state index is 5.97. The van der Waals surface area contributed by atoms with Crippen LogP contribution in [-0.2, 0) is 0 Å². The smallest absolute Gasteiger partial charge is 0.00723 e. The van der Waals surface area contributed by atoms with Crippen molar-refractivity contribution in [2.75, 3.05) is 0 Å². The van der Waals surface area contributed by atoms with Crippen molar-refractivity contribution in [1.82, 2.24) is 0 Å². The van der Waals surface area contributed by atoms with Crippen LogP contribution in [0.4, 0.5) is 0 Å². The SMILES string of the molecule is CCC1C(N)CC(C)C1C. The standard InChI is InChI=1S/C9H19N/c1-4-8-7(3)6(2)5-9(8)10/h6-9H,4-5,10H2,1-3H3. The van der Waals surface area contributed by atoms with Gasteiger partial charge in [0.05, 0.1) is 0 Å². The summed E-state index contributed by atoms with van der Waals surface area (Å²) in [7, 11) is 0. The Morgan fingerprint density at radius 2 is 2.00 bits per heavy atom. The third-order valence-electron chi connectivity index (χ3n) is 3.24. The Labute approximate surface area is 64.0 Å². The summed E-state index contributed by atoms with van der Waals surface area (Å²) in [6.07, 6.45) is 2.49. The number of rotatable bonds is 1. The van der Waals surface area contributed by atoms with Crippen LogP contribution >= 0.6 is 0 Å². The van der Waals surface area contributed by atoms with Crippen molar-refractivity contribution in [3.05, 3.63) is 0 Å². The lowest BCUT2D eigenvalue weighted by molar-refractivity contribution is 0.336. The summed E-state index contributed by atoms with van der Waals surface area (Å²) in [5.41, 5.74) is 5.97. The van der Waals surface area contributed by atoms with Gasteiger partial charge in [0.1, 0.15) is 0 Å². The predicted octanol–water partition coefficient (Wildman–Crippen LogP) is 2.02. The average Bonchev–Trinajstić information content (AvgIpc) is 2.09. The van der Waals surface area contributed by atoms with Crippen molar-refractivity contribution in [1.29, 1.82) is 0 Å². The monoisotopic (exact) mass is 141 g/mol. The summed E-state index contributed by atoms with van der Waals surface area (Å²) >= 11 is 0. The zero-order valence-electron chi connectivity index (χ0n) is 7.30. The van der Waals surface area contributed by atoms with Crippen LogP contribution in [0.3, 0.4) is 0 Å². The Morgan fingerprint density at radius 3 is 2.20 bits per heavy atom. The van der Waals surface area contributed by atoms with Gasteiger partial charge >= 0.3 is 0 Å². The van der Waals surface area contributed by atoms with E-state index in [1.165, 1.54) is 12.8 Å². The van der Waals surface area contributed by atoms with Gasteiger partial charge in [-0.1, -0.05) is 27.2 Å². The molecular weight excluding hydrogens is 122 g/mol. The van der Waals surface area contributed by atoms with Crippen molar-refractivity contribution < 1.29 is 0 Å². The molecule has 0 radical (unpaired) electrons. The Bertz CT molecular complexity index is 111. The molecular formula is C9H19N. The van der Waals surface area contributed by atoms with E-state index < -0.39 is 0 Å². The van der Waals surface area contributed by atoms with Crippen LogP contribution < -0.4 is 5.73 Å². The normalized spacial score (nSPS) is 48.0. The molecule has 0 aromatic heterocycles. The van der Waals surface area contributed by atoms with E-state index in [1.807, 2.05) is 0 Å². The number of hydrogen-bond donors (Lipinski definition) is 1. The van der Waals surface area contributed by atoms with Gasteiger partial charge in [0.2, 0.25) is 0 Å². The molecule has 1 aliphatic rings. The average molecular weight is 141 g/mol. The molecule has 10 heavy (non-hydrogen) atoms. The highest BCUT2D eigenvalue weighted by molar-refractivity contribution is 4.88. The summed E-state index contributed by atoms with van der Waals surface area (Å²) in [5, 5.41) is 0. The quantitative estimate of drug-likeness (QED) is 0.594. The Hall–Kier alpha value is -0.0400. The highest BCUT2D eigenvalue weighted by Crippen LogP contribution is 2.37. The van der Waals surface area contributed by atoms with Gasteiger partial charge in [-0.25, -0.2) is 0 Å². The second kappa shape index (κ2) is 2.91. The molecule has 1 aliphatic carbocycles. The van der Waals surface area contributed by atoms with Crippen LogP contribution in [0.15, 0.2) is 0 Å². The first-order valence-electron chi connectivity index (χ1n) is 4.42. The van der Waals surface area contributed by atoms with E-state index in [2.05, 4.69) is 20.8 Å². The van der Waals surface area contributed by atoms with Crippen molar-refractivity contribution in [2.24, 2.45) is 23.5 Å². The summed E-state index contributed by atoms with van der Waals surface area (Å²) in [5.74, 6) is 2.48. The molecule has 0 aromatic rings. The van der Waals surface area contributed by atoms with Gasteiger partial charge in [-0.3, -0.25) is 0 Å². The minimum absolute atomic E-state index is 0.481. The summed E-state index contributed by atoms with van der Waals surface area (Å²) < 4.78 is 0. The molecule has 0 bridgehead atoms. The highest BCUT2D eigenvalue weighted by Gasteiger charge is 2.34. The largest absolute Gasteiger partial charge is 0.327 e. The van der Waals surface area contributed by atoms with Crippen molar-refractivity contribution in [3.63, 3.8) is 0 Å². The molecule has 0 heterocycles. The van der Waals surface area contributed by atoms with Gasteiger partial charge in [-0.2, -0.15) is 0 Å². The predicted molar refractivity (Wildman–Crippen MR) is 44.7 cm³/mol. The molecule has 0 aromatic carbocycles. The third kappa shape index (κ3) is 1.20. The molecule has 4 unspecified atom stereocenters. The Balaban J connectivity index is 2.55. The van der Waals surface area contributed by atoms with Gasteiger partial charge in [0, 0.05) is 6.04 Å². The molecule has 1 heteroatoms. The number of nitrogens with two attached hydrogens (primary N) is 1. The van der Waals surface area contributed by atoms with Gasteiger partial charge in [-0.05, 0) is 24.2 Å². The lowest BCUT2D eigenvalue weighted by Crippen LogP contribution is -2.26. The molecule has 1 rings (SSSR count). The van der Waals surface area contributed by atoms with E-state index in [9.17, 15) is 0 Å². The van der Waals surface area contributed by atoms with Crippen LogP contribution in [0.1, 0.15) is 33.6 Å². The van der Waals surface area contributed by atoms with Crippen LogP contribution in [0.25, 0.3) is 0 Å². The van der Waals surface area contributed by atoms with Crippen molar-refractivity contribution >= 4 is 0 Å². The second-order valence-corrected chi connectivity index (χ2v) is 3.81. The molecule has 1 saturated carbocycles. The topological polar surface area (TPSA) is 26.0 Å². The fourth-order valence-corrected chi connectivity index (χ4v) is 2.31. The van der Waals surface area contributed by atoms with Gasteiger partial charge in [0.25, 0.3) is 0 Å². The molecule has 4 atom stereocenters. The van der Waals surface area contributed by atoms with Crippen LogP contribution in [0.5, 0.6) is 0 Å². The Morgan fingerprint density at radius 1 is 1.40 bits per heavy atom. The zero-order valence-corrected chi connectivity index (χ0v) is 7.30. The first kappa shape index (κ1) is 8.06. The van der Waals surface area contributed by atoms with E-state index >= 15 is 0 Å². The molecule has 2 N–H and O–H groups in total. The maximum Gasteiger partial charge on any atom is 0.00723 e.